The summed E-state index contributed by atoms with van der Waals surface area (Å²) in [5, 5.41) is 0. The Morgan fingerprint density at radius 3 is 2.40 bits per heavy atom. The number of ether oxygens (including phenoxy) is 1. The molecule has 0 saturated carbocycles. The normalized spacial score (nSPS) is 12.3. The van der Waals surface area contributed by atoms with Gasteiger partial charge in [-0.15, -0.1) is 0 Å². The molecule has 20 heavy (non-hydrogen) atoms. The Kier molecular flexibility index (Phi) is 5.56. The van der Waals surface area contributed by atoms with E-state index in [4.69, 9.17) is 10.5 Å². The van der Waals surface area contributed by atoms with Crippen LogP contribution in [0, 0.1) is 13.8 Å². The molecule has 0 aliphatic rings. The Bertz CT molecular complexity index is 568. The van der Waals surface area contributed by atoms with E-state index in [1.165, 1.54) is 4.31 Å². The van der Waals surface area contributed by atoms with Crippen LogP contribution in [0.4, 0.5) is 5.69 Å². The minimum Gasteiger partial charge on any atom is -0.398 e. The Morgan fingerprint density at radius 2 is 1.90 bits per heavy atom. The summed E-state index contributed by atoms with van der Waals surface area (Å²) in [7, 11) is -2.02. The van der Waals surface area contributed by atoms with Crippen LogP contribution in [0.3, 0.4) is 0 Å². The van der Waals surface area contributed by atoms with Gasteiger partial charge in [0.05, 0.1) is 11.5 Å². The van der Waals surface area contributed by atoms with Gasteiger partial charge in [-0.3, -0.25) is 0 Å². The topological polar surface area (TPSA) is 72.6 Å². The molecule has 0 heterocycles. The maximum atomic E-state index is 12.8. The first-order chi connectivity index (χ1) is 9.21. The summed E-state index contributed by atoms with van der Waals surface area (Å²) in [6.07, 6.45) is 0. The van der Waals surface area contributed by atoms with E-state index in [0.29, 0.717) is 24.4 Å². The third-order valence-electron chi connectivity index (χ3n) is 3.22. The summed E-state index contributed by atoms with van der Waals surface area (Å²) in [4.78, 5) is 0.278. The number of hydrogen-bond donors (Lipinski definition) is 1. The van der Waals surface area contributed by atoms with Crippen LogP contribution in [0.25, 0.3) is 0 Å². The zero-order valence-electron chi connectivity index (χ0n) is 12.8. The molecule has 0 aromatic heterocycles. The van der Waals surface area contributed by atoms with E-state index in [0.717, 1.165) is 5.56 Å². The highest BCUT2D eigenvalue weighted by molar-refractivity contribution is 7.89. The quantitative estimate of drug-likeness (QED) is 0.815. The highest BCUT2D eigenvalue weighted by atomic mass is 32.2. The summed E-state index contributed by atoms with van der Waals surface area (Å²) in [6.45, 7) is 7.95. The summed E-state index contributed by atoms with van der Waals surface area (Å²) < 4.78 is 32.1. The molecule has 6 heteroatoms. The number of aryl methyl sites for hydroxylation is 1. The average Bonchev–Trinajstić information content (AvgIpc) is 2.33. The summed E-state index contributed by atoms with van der Waals surface area (Å²) >= 11 is 0. The van der Waals surface area contributed by atoms with Gasteiger partial charge >= 0.3 is 0 Å². The number of nitrogen functional groups attached to an aromatic ring is 1. The molecule has 0 fully saturated rings. The Balaban J connectivity index is 3.33. The van der Waals surface area contributed by atoms with Crippen molar-refractivity contribution >= 4 is 15.7 Å². The van der Waals surface area contributed by atoms with Crippen LogP contribution >= 0.6 is 0 Å². The van der Waals surface area contributed by atoms with Gasteiger partial charge in [0.1, 0.15) is 0 Å². The molecule has 5 nitrogen and oxygen atoms in total. The molecule has 0 spiro atoms. The van der Waals surface area contributed by atoms with Crippen LogP contribution < -0.4 is 5.73 Å². The monoisotopic (exact) mass is 300 g/mol. The molecule has 1 aromatic carbocycles. The fourth-order valence-corrected chi connectivity index (χ4v) is 4.05. The lowest BCUT2D eigenvalue weighted by Crippen LogP contribution is -2.39. The van der Waals surface area contributed by atoms with E-state index >= 15 is 0 Å². The molecule has 0 atom stereocenters. The number of benzene rings is 1. The fraction of sp³-hybridized carbons (Fsp3) is 0.571. The van der Waals surface area contributed by atoms with E-state index < -0.39 is 10.0 Å². The lowest BCUT2D eigenvalue weighted by atomic mass is 10.1. The second-order valence-corrected chi connectivity index (χ2v) is 7.04. The molecule has 0 saturated heterocycles. The molecular weight excluding hydrogens is 276 g/mol. The third kappa shape index (κ3) is 3.50. The Hall–Kier alpha value is -1.11. The predicted octanol–water partition coefficient (Wildman–Crippen LogP) is 1.93. The van der Waals surface area contributed by atoms with Gasteiger partial charge in [0, 0.05) is 25.4 Å². The molecule has 0 unspecified atom stereocenters. The molecule has 0 amide bonds. The van der Waals surface area contributed by atoms with Crippen molar-refractivity contribution in [2.24, 2.45) is 0 Å². The van der Waals surface area contributed by atoms with Crippen LogP contribution in [0.1, 0.15) is 25.0 Å². The summed E-state index contributed by atoms with van der Waals surface area (Å²) in [6, 6.07) is 3.31. The van der Waals surface area contributed by atoms with Crippen molar-refractivity contribution in [1.82, 2.24) is 4.31 Å². The van der Waals surface area contributed by atoms with Gasteiger partial charge in [0.15, 0.2) is 0 Å². The molecule has 0 aliphatic heterocycles. The standard InChI is InChI=1S/C14H24N2O3S/c1-10(2)16(6-7-19-5)20(17,18)14-9-11(3)8-13(15)12(14)4/h8-10H,6-7,15H2,1-5H3. The number of nitrogens with zero attached hydrogens (tertiary/aromatic N) is 1. The second-order valence-electron chi connectivity index (χ2n) is 5.18. The van der Waals surface area contributed by atoms with Crippen molar-refractivity contribution in [3.63, 3.8) is 0 Å². The Labute approximate surface area is 121 Å². The maximum Gasteiger partial charge on any atom is 0.243 e. The maximum absolute atomic E-state index is 12.8. The van der Waals surface area contributed by atoms with Crippen LogP contribution in [0.2, 0.25) is 0 Å². The minimum atomic E-state index is -3.57. The Morgan fingerprint density at radius 1 is 1.30 bits per heavy atom. The zero-order valence-corrected chi connectivity index (χ0v) is 13.6. The van der Waals surface area contributed by atoms with Gasteiger partial charge in [-0.2, -0.15) is 4.31 Å². The molecule has 114 valence electrons. The minimum absolute atomic E-state index is 0.142. The number of nitrogens with two attached hydrogens (primary N) is 1. The van der Waals surface area contributed by atoms with E-state index in [-0.39, 0.29) is 10.9 Å². The van der Waals surface area contributed by atoms with Crippen molar-refractivity contribution in [2.45, 2.75) is 38.6 Å². The number of rotatable bonds is 6. The predicted molar refractivity (Wildman–Crippen MR) is 81.2 cm³/mol. The zero-order chi connectivity index (χ0) is 15.5. The second kappa shape index (κ2) is 6.56. The van der Waals surface area contributed by atoms with Crippen LogP contribution in [0.15, 0.2) is 17.0 Å². The lowest BCUT2D eigenvalue weighted by Gasteiger charge is -2.26. The molecule has 1 rings (SSSR count). The van der Waals surface area contributed by atoms with Crippen LogP contribution in [0.5, 0.6) is 0 Å². The van der Waals surface area contributed by atoms with Gasteiger partial charge in [0.2, 0.25) is 10.0 Å². The van der Waals surface area contributed by atoms with Gasteiger partial charge in [-0.1, -0.05) is 0 Å². The van der Waals surface area contributed by atoms with Crippen molar-refractivity contribution in [2.75, 3.05) is 26.0 Å². The van der Waals surface area contributed by atoms with Crippen molar-refractivity contribution < 1.29 is 13.2 Å². The summed E-state index contributed by atoms with van der Waals surface area (Å²) in [5.41, 5.74) is 7.82. The molecule has 2 N–H and O–H groups in total. The van der Waals surface area contributed by atoms with E-state index in [1.54, 1.807) is 26.2 Å². The average molecular weight is 300 g/mol. The highest BCUT2D eigenvalue weighted by Crippen LogP contribution is 2.26. The number of anilines is 1. The van der Waals surface area contributed by atoms with Crippen LogP contribution in [-0.2, 0) is 14.8 Å². The first-order valence-electron chi connectivity index (χ1n) is 6.59. The van der Waals surface area contributed by atoms with E-state index in [1.807, 2.05) is 20.8 Å². The molecule has 0 aliphatic carbocycles. The fourth-order valence-electron chi connectivity index (χ4n) is 2.08. The third-order valence-corrected chi connectivity index (χ3v) is 5.42. The van der Waals surface area contributed by atoms with Crippen molar-refractivity contribution in [1.29, 1.82) is 0 Å². The number of methoxy groups -OCH3 is 1. The first-order valence-corrected chi connectivity index (χ1v) is 8.03. The van der Waals surface area contributed by atoms with Crippen molar-refractivity contribution in [3.8, 4) is 0 Å². The summed E-state index contributed by atoms with van der Waals surface area (Å²) in [5.74, 6) is 0. The smallest absolute Gasteiger partial charge is 0.243 e. The van der Waals surface area contributed by atoms with Gasteiger partial charge in [0.25, 0.3) is 0 Å². The van der Waals surface area contributed by atoms with Crippen molar-refractivity contribution in [3.05, 3.63) is 23.3 Å². The largest absolute Gasteiger partial charge is 0.398 e. The van der Waals surface area contributed by atoms with E-state index in [2.05, 4.69) is 0 Å². The molecule has 0 bridgehead atoms. The van der Waals surface area contributed by atoms with Crippen LogP contribution in [-0.4, -0.2) is 39.0 Å². The molecular formula is C14H24N2O3S. The number of hydrogen-bond acceptors (Lipinski definition) is 4. The lowest BCUT2D eigenvalue weighted by molar-refractivity contribution is 0.171. The first kappa shape index (κ1) is 16.9. The van der Waals surface area contributed by atoms with Gasteiger partial charge in [-0.25, -0.2) is 8.42 Å². The molecule has 1 aromatic rings. The SMILES string of the molecule is COCCN(C(C)C)S(=O)(=O)c1cc(C)cc(N)c1C. The van der Waals surface area contributed by atoms with Gasteiger partial charge in [-0.05, 0) is 51.0 Å². The van der Waals surface area contributed by atoms with Gasteiger partial charge < -0.3 is 10.5 Å². The highest BCUT2D eigenvalue weighted by Gasteiger charge is 2.28. The number of sulfonamides is 1. The molecule has 0 radical (unpaired) electrons. The van der Waals surface area contributed by atoms with E-state index in [9.17, 15) is 8.42 Å².